The van der Waals surface area contributed by atoms with Gasteiger partial charge in [0, 0.05) is 26.2 Å². The first kappa shape index (κ1) is 25.9. The number of rotatable bonds is 13. The van der Waals surface area contributed by atoms with E-state index in [2.05, 4.69) is 18.7 Å². The molecule has 0 radical (unpaired) electrons. The molecule has 34 heavy (non-hydrogen) atoms. The minimum absolute atomic E-state index is 0.148. The fraction of sp³-hybridized carbons (Fsp3) is 0.444. The smallest absolute Gasteiger partial charge is 0.227 e. The van der Waals surface area contributed by atoms with Gasteiger partial charge in [0.2, 0.25) is 5.88 Å². The SMILES string of the molecule is CCOC[C@H](O)CN(Cc1c(CC)nn(-c2ccccc2)c1Oc1ccccc1F)CC(C)C. The van der Waals surface area contributed by atoms with Crippen LogP contribution >= 0.6 is 0 Å². The summed E-state index contributed by atoms with van der Waals surface area (Å²) < 4.78 is 27.9. The Morgan fingerprint density at radius 1 is 1.03 bits per heavy atom. The minimum atomic E-state index is -0.608. The molecule has 0 bridgehead atoms. The van der Waals surface area contributed by atoms with Crippen LogP contribution in [0.15, 0.2) is 54.6 Å². The highest BCUT2D eigenvalue weighted by Gasteiger charge is 2.24. The number of aliphatic hydroxyl groups is 1. The summed E-state index contributed by atoms with van der Waals surface area (Å²) in [6.45, 7) is 10.8. The Bertz CT molecular complexity index is 1020. The van der Waals surface area contributed by atoms with E-state index in [0.717, 1.165) is 23.5 Å². The highest BCUT2D eigenvalue weighted by molar-refractivity contribution is 5.44. The van der Waals surface area contributed by atoms with Crippen molar-refractivity contribution in [2.45, 2.75) is 46.8 Å². The Morgan fingerprint density at radius 3 is 2.38 bits per heavy atom. The first-order valence-electron chi connectivity index (χ1n) is 12.0. The molecular weight excluding hydrogens is 433 g/mol. The number of ether oxygens (including phenoxy) is 2. The molecular formula is C27H36FN3O3. The number of nitrogens with zero attached hydrogens (tertiary/aromatic N) is 3. The molecule has 1 heterocycles. The van der Waals surface area contributed by atoms with Crippen molar-refractivity contribution in [2.75, 3.05) is 26.3 Å². The summed E-state index contributed by atoms with van der Waals surface area (Å²) in [6.07, 6.45) is 0.0867. The lowest BCUT2D eigenvalue weighted by Crippen LogP contribution is -2.37. The van der Waals surface area contributed by atoms with Crippen LogP contribution in [0.4, 0.5) is 4.39 Å². The van der Waals surface area contributed by atoms with Crippen molar-refractivity contribution < 1.29 is 19.0 Å². The zero-order valence-corrected chi connectivity index (χ0v) is 20.6. The molecule has 0 amide bonds. The van der Waals surface area contributed by atoms with Gasteiger partial charge in [0.15, 0.2) is 11.6 Å². The third-order valence-electron chi connectivity index (χ3n) is 5.39. The van der Waals surface area contributed by atoms with Crippen LogP contribution in [0.5, 0.6) is 11.6 Å². The quantitative estimate of drug-likeness (QED) is 0.372. The van der Waals surface area contributed by atoms with E-state index in [4.69, 9.17) is 14.6 Å². The number of aliphatic hydroxyl groups excluding tert-OH is 1. The predicted molar refractivity (Wildman–Crippen MR) is 132 cm³/mol. The second-order valence-electron chi connectivity index (χ2n) is 8.77. The highest BCUT2D eigenvalue weighted by Crippen LogP contribution is 2.33. The van der Waals surface area contributed by atoms with E-state index in [1.807, 2.05) is 44.2 Å². The molecule has 3 rings (SSSR count). The highest BCUT2D eigenvalue weighted by atomic mass is 19.1. The lowest BCUT2D eigenvalue weighted by atomic mass is 10.1. The van der Waals surface area contributed by atoms with E-state index in [1.54, 1.807) is 22.9 Å². The normalized spacial score (nSPS) is 12.5. The second kappa shape index (κ2) is 12.6. The van der Waals surface area contributed by atoms with Crippen LogP contribution in [-0.4, -0.2) is 52.2 Å². The summed E-state index contributed by atoms with van der Waals surface area (Å²) in [5.74, 6) is 0.597. The summed E-state index contributed by atoms with van der Waals surface area (Å²) >= 11 is 0. The summed E-state index contributed by atoms with van der Waals surface area (Å²) in [7, 11) is 0. The molecule has 2 aromatic carbocycles. The Labute approximate surface area is 201 Å². The summed E-state index contributed by atoms with van der Waals surface area (Å²) in [6, 6.07) is 16.1. The van der Waals surface area contributed by atoms with E-state index < -0.39 is 11.9 Å². The van der Waals surface area contributed by atoms with Gasteiger partial charge in [-0.1, -0.05) is 51.1 Å². The predicted octanol–water partition coefficient (Wildman–Crippen LogP) is 5.22. The molecule has 184 valence electrons. The Balaban J connectivity index is 2.02. The van der Waals surface area contributed by atoms with Gasteiger partial charge in [-0.2, -0.15) is 5.10 Å². The zero-order valence-electron chi connectivity index (χ0n) is 20.6. The van der Waals surface area contributed by atoms with Crippen LogP contribution in [0.1, 0.15) is 39.0 Å². The van der Waals surface area contributed by atoms with Crippen LogP contribution in [-0.2, 0) is 17.7 Å². The van der Waals surface area contributed by atoms with E-state index in [0.29, 0.717) is 37.9 Å². The molecule has 0 fully saturated rings. The van der Waals surface area contributed by atoms with E-state index in [-0.39, 0.29) is 12.4 Å². The number of aromatic nitrogens is 2. The first-order chi connectivity index (χ1) is 16.4. The number of aryl methyl sites for hydroxylation is 1. The van der Waals surface area contributed by atoms with Gasteiger partial charge in [-0.25, -0.2) is 9.07 Å². The van der Waals surface area contributed by atoms with Gasteiger partial charge in [0.25, 0.3) is 0 Å². The Morgan fingerprint density at radius 2 is 1.74 bits per heavy atom. The number of hydrogen-bond acceptors (Lipinski definition) is 5. The Hall–Kier alpha value is -2.74. The summed E-state index contributed by atoms with van der Waals surface area (Å²) in [4.78, 5) is 2.19. The van der Waals surface area contributed by atoms with Gasteiger partial charge < -0.3 is 14.6 Å². The van der Waals surface area contributed by atoms with Crippen molar-refractivity contribution >= 4 is 0 Å². The fourth-order valence-corrected chi connectivity index (χ4v) is 3.95. The molecule has 0 aliphatic carbocycles. The van der Waals surface area contributed by atoms with Gasteiger partial charge in [-0.15, -0.1) is 0 Å². The van der Waals surface area contributed by atoms with Crippen LogP contribution in [0.3, 0.4) is 0 Å². The maximum Gasteiger partial charge on any atom is 0.227 e. The summed E-state index contributed by atoms with van der Waals surface area (Å²) in [5, 5.41) is 15.4. The largest absolute Gasteiger partial charge is 0.435 e. The van der Waals surface area contributed by atoms with E-state index in [9.17, 15) is 9.50 Å². The van der Waals surface area contributed by atoms with E-state index >= 15 is 0 Å². The molecule has 0 saturated heterocycles. The van der Waals surface area contributed by atoms with Gasteiger partial charge >= 0.3 is 0 Å². The van der Waals surface area contributed by atoms with Crippen molar-refractivity contribution in [2.24, 2.45) is 5.92 Å². The number of halogens is 1. The molecule has 1 atom stereocenters. The molecule has 1 aromatic heterocycles. The molecule has 0 unspecified atom stereocenters. The molecule has 0 spiro atoms. The average molecular weight is 470 g/mol. The third-order valence-corrected chi connectivity index (χ3v) is 5.39. The van der Waals surface area contributed by atoms with Gasteiger partial charge in [0.05, 0.1) is 29.7 Å². The topological polar surface area (TPSA) is 59.8 Å². The molecule has 3 aromatic rings. The maximum atomic E-state index is 14.5. The average Bonchev–Trinajstić information content (AvgIpc) is 3.16. The fourth-order valence-electron chi connectivity index (χ4n) is 3.95. The number of hydrogen-bond donors (Lipinski definition) is 1. The number of benzene rings is 2. The third kappa shape index (κ3) is 6.88. The van der Waals surface area contributed by atoms with Crippen LogP contribution in [0, 0.1) is 11.7 Å². The van der Waals surface area contributed by atoms with Crippen molar-refractivity contribution in [3.8, 4) is 17.3 Å². The molecule has 7 heteroatoms. The van der Waals surface area contributed by atoms with Crippen molar-refractivity contribution in [1.29, 1.82) is 0 Å². The molecule has 6 nitrogen and oxygen atoms in total. The van der Waals surface area contributed by atoms with Crippen LogP contribution in [0.25, 0.3) is 5.69 Å². The molecule has 0 saturated carbocycles. The standard InChI is InChI=1S/C27H36FN3O3/c1-5-25-23(18-30(16-20(3)4)17-22(32)19-33-6-2)27(34-26-15-11-10-14-24(26)28)31(29-25)21-12-8-7-9-13-21/h7-15,20,22,32H,5-6,16-19H2,1-4H3/t22-/m1/s1. The van der Waals surface area contributed by atoms with Crippen molar-refractivity contribution in [3.05, 3.63) is 71.7 Å². The second-order valence-corrected chi connectivity index (χ2v) is 8.77. The van der Waals surface area contributed by atoms with Gasteiger partial charge in [-0.3, -0.25) is 4.90 Å². The Kier molecular flexibility index (Phi) is 9.62. The van der Waals surface area contributed by atoms with Crippen LogP contribution in [0.2, 0.25) is 0 Å². The number of para-hydroxylation sites is 2. The molecule has 0 aliphatic heterocycles. The maximum absolute atomic E-state index is 14.5. The summed E-state index contributed by atoms with van der Waals surface area (Å²) in [5.41, 5.74) is 2.60. The molecule has 1 N–H and O–H groups in total. The van der Waals surface area contributed by atoms with Gasteiger partial charge in [0.1, 0.15) is 0 Å². The lowest BCUT2D eigenvalue weighted by Gasteiger charge is -2.27. The van der Waals surface area contributed by atoms with Crippen molar-refractivity contribution in [3.63, 3.8) is 0 Å². The minimum Gasteiger partial charge on any atom is -0.435 e. The monoisotopic (exact) mass is 469 g/mol. The van der Waals surface area contributed by atoms with Crippen LogP contribution < -0.4 is 4.74 Å². The zero-order chi connectivity index (χ0) is 24.5. The van der Waals surface area contributed by atoms with Crippen molar-refractivity contribution in [1.82, 2.24) is 14.7 Å². The lowest BCUT2D eigenvalue weighted by molar-refractivity contribution is 0.0173. The van der Waals surface area contributed by atoms with E-state index in [1.165, 1.54) is 6.07 Å². The van der Waals surface area contributed by atoms with Gasteiger partial charge in [-0.05, 0) is 43.5 Å². The molecule has 0 aliphatic rings. The first-order valence-corrected chi connectivity index (χ1v) is 12.0.